The van der Waals surface area contributed by atoms with Gasteiger partial charge in [-0.15, -0.1) is 11.3 Å². The molecule has 124 valence electrons. The van der Waals surface area contributed by atoms with E-state index in [9.17, 15) is 4.79 Å². The fourth-order valence-electron chi connectivity index (χ4n) is 2.71. The number of aromatic nitrogens is 2. The Labute approximate surface area is 148 Å². The molecule has 0 atom stereocenters. The number of rotatable bonds is 5. The molecule has 4 aromatic rings. The van der Waals surface area contributed by atoms with Crippen LogP contribution in [0, 0.1) is 0 Å². The third kappa shape index (κ3) is 3.12. The van der Waals surface area contributed by atoms with E-state index in [0.29, 0.717) is 6.54 Å². The number of nitrogens with zero attached hydrogens (tertiary/aromatic N) is 1. The second-order valence-electron chi connectivity index (χ2n) is 5.60. The second kappa shape index (κ2) is 6.41. The quantitative estimate of drug-likeness (QED) is 0.492. The first kappa shape index (κ1) is 15.4. The molecule has 0 saturated heterocycles. The smallest absolute Gasteiger partial charge is 0.335 e. The summed E-state index contributed by atoms with van der Waals surface area (Å²) >= 11 is 1.73. The monoisotopic (exact) mass is 349 g/mol. The molecular weight excluding hydrogens is 334 g/mol. The Bertz CT molecular complexity index is 1030. The lowest BCUT2D eigenvalue weighted by Crippen LogP contribution is -1.99. The topological polar surface area (TPSA) is 78.0 Å². The molecule has 0 aliphatic rings. The first-order valence-corrected chi connectivity index (χ1v) is 8.61. The van der Waals surface area contributed by atoms with E-state index >= 15 is 0 Å². The van der Waals surface area contributed by atoms with E-state index < -0.39 is 5.97 Å². The summed E-state index contributed by atoms with van der Waals surface area (Å²) in [6.07, 6.45) is 3.72. The molecule has 6 heteroatoms. The number of thiophene rings is 1. The molecule has 0 spiro atoms. The number of nitrogens with one attached hydrogen (secondary N) is 2. The summed E-state index contributed by atoms with van der Waals surface area (Å²) in [5.74, 6) is -0.914. The van der Waals surface area contributed by atoms with Gasteiger partial charge < -0.3 is 15.4 Å². The maximum Gasteiger partial charge on any atom is 0.335 e. The Morgan fingerprint density at radius 3 is 2.76 bits per heavy atom. The number of carbonyl (C=O) groups is 1. The fraction of sp³-hybridized carbons (Fsp3) is 0.0526. The number of anilines is 1. The summed E-state index contributed by atoms with van der Waals surface area (Å²) in [6, 6.07) is 15.1. The van der Waals surface area contributed by atoms with Gasteiger partial charge in [-0.2, -0.15) is 0 Å². The lowest BCUT2D eigenvalue weighted by atomic mass is 10.1. The highest BCUT2D eigenvalue weighted by atomic mass is 32.1. The SMILES string of the molecule is O=C(O)c1ccc(NCc2ccc(-c3ccnc4[nH]ccc34)s2)cc1. The molecule has 5 nitrogen and oxygen atoms in total. The van der Waals surface area contributed by atoms with Crippen LogP contribution in [0.4, 0.5) is 5.69 Å². The Kier molecular flexibility index (Phi) is 3.95. The number of aromatic amines is 1. The van der Waals surface area contributed by atoms with Gasteiger partial charge in [-0.05, 0) is 48.5 Å². The van der Waals surface area contributed by atoms with E-state index in [1.54, 1.807) is 35.6 Å². The normalized spacial score (nSPS) is 10.9. The number of hydrogen-bond donors (Lipinski definition) is 3. The van der Waals surface area contributed by atoms with Crippen LogP contribution in [0.25, 0.3) is 21.5 Å². The molecule has 25 heavy (non-hydrogen) atoms. The first-order valence-electron chi connectivity index (χ1n) is 7.79. The van der Waals surface area contributed by atoms with Gasteiger partial charge in [-0.3, -0.25) is 0 Å². The minimum absolute atomic E-state index is 0.289. The van der Waals surface area contributed by atoms with Crippen LogP contribution in [0.15, 0.2) is 60.9 Å². The number of H-pyrrole nitrogens is 1. The van der Waals surface area contributed by atoms with E-state index in [4.69, 9.17) is 5.11 Å². The third-order valence-electron chi connectivity index (χ3n) is 3.99. The van der Waals surface area contributed by atoms with Crippen molar-refractivity contribution >= 4 is 34.0 Å². The molecule has 1 aromatic carbocycles. The number of aromatic carboxylic acids is 1. The minimum atomic E-state index is -0.914. The molecule has 0 saturated carbocycles. The van der Waals surface area contributed by atoms with Crippen molar-refractivity contribution in [2.45, 2.75) is 6.54 Å². The molecule has 0 aliphatic heterocycles. The third-order valence-corrected chi connectivity index (χ3v) is 5.10. The van der Waals surface area contributed by atoms with E-state index in [-0.39, 0.29) is 5.56 Å². The maximum absolute atomic E-state index is 10.9. The molecule has 0 fully saturated rings. The van der Waals surface area contributed by atoms with Crippen LogP contribution in [0.2, 0.25) is 0 Å². The van der Waals surface area contributed by atoms with Crippen molar-refractivity contribution in [3.8, 4) is 10.4 Å². The summed E-state index contributed by atoms with van der Waals surface area (Å²) in [5.41, 5.74) is 3.26. The highest BCUT2D eigenvalue weighted by Crippen LogP contribution is 2.32. The first-order chi connectivity index (χ1) is 12.2. The molecule has 3 N–H and O–H groups in total. The summed E-state index contributed by atoms with van der Waals surface area (Å²) in [4.78, 5) is 20.7. The molecular formula is C19H15N3O2S. The van der Waals surface area contributed by atoms with Gasteiger partial charge in [0.1, 0.15) is 5.65 Å². The van der Waals surface area contributed by atoms with Gasteiger partial charge in [0, 0.05) is 45.3 Å². The molecule has 0 bridgehead atoms. The van der Waals surface area contributed by atoms with Crippen LogP contribution < -0.4 is 5.32 Å². The van der Waals surface area contributed by atoms with E-state index in [2.05, 4.69) is 27.4 Å². The van der Waals surface area contributed by atoms with Crippen LogP contribution in [0.5, 0.6) is 0 Å². The van der Waals surface area contributed by atoms with E-state index in [1.165, 1.54) is 15.3 Å². The summed E-state index contributed by atoms with van der Waals surface area (Å²) in [5, 5.41) is 13.4. The average molecular weight is 349 g/mol. The van der Waals surface area contributed by atoms with Crippen LogP contribution >= 0.6 is 11.3 Å². The highest BCUT2D eigenvalue weighted by molar-refractivity contribution is 7.15. The molecule has 3 aromatic heterocycles. The predicted molar refractivity (Wildman–Crippen MR) is 100 cm³/mol. The molecule has 3 heterocycles. The average Bonchev–Trinajstić information content (AvgIpc) is 3.29. The van der Waals surface area contributed by atoms with Crippen LogP contribution in [0.3, 0.4) is 0 Å². The minimum Gasteiger partial charge on any atom is -0.478 e. The number of fused-ring (bicyclic) bond motifs is 1. The number of carboxylic acids is 1. The zero-order valence-corrected chi connectivity index (χ0v) is 14.0. The van der Waals surface area contributed by atoms with Crippen molar-refractivity contribution < 1.29 is 9.90 Å². The van der Waals surface area contributed by atoms with Gasteiger partial charge in [0.15, 0.2) is 0 Å². The van der Waals surface area contributed by atoms with Gasteiger partial charge in [-0.25, -0.2) is 9.78 Å². The molecule has 0 unspecified atom stereocenters. The predicted octanol–water partition coefficient (Wildman–Crippen LogP) is 4.60. The number of pyridine rings is 1. The zero-order chi connectivity index (χ0) is 17.2. The maximum atomic E-state index is 10.9. The zero-order valence-electron chi connectivity index (χ0n) is 13.2. The lowest BCUT2D eigenvalue weighted by Gasteiger charge is -2.05. The molecule has 4 rings (SSSR count). The van der Waals surface area contributed by atoms with Crippen molar-refractivity contribution in [3.05, 3.63) is 71.4 Å². The number of benzene rings is 1. The standard InChI is InChI=1S/C19H15N3O2S/c23-19(24)12-1-3-13(4-2-12)22-11-14-5-6-17(25-14)15-7-9-20-18-16(15)8-10-21-18/h1-10,22H,11H2,(H,20,21)(H,23,24). The van der Waals surface area contributed by atoms with Crippen LogP contribution in [0.1, 0.15) is 15.2 Å². The lowest BCUT2D eigenvalue weighted by molar-refractivity contribution is 0.0697. The molecule has 0 amide bonds. The second-order valence-corrected chi connectivity index (χ2v) is 6.77. The van der Waals surface area contributed by atoms with Crippen molar-refractivity contribution in [2.24, 2.45) is 0 Å². The van der Waals surface area contributed by atoms with Gasteiger partial charge >= 0.3 is 5.97 Å². The number of carboxylic acid groups (broad SMARTS) is 1. The van der Waals surface area contributed by atoms with Gasteiger partial charge in [0.25, 0.3) is 0 Å². The Morgan fingerprint density at radius 1 is 1.12 bits per heavy atom. The summed E-state index contributed by atoms with van der Waals surface area (Å²) in [7, 11) is 0. The number of hydrogen-bond acceptors (Lipinski definition) is 4. The Hall–Kier alpha value is -3.12. The van der Waals surface area contributed by atoms with Crippen molar-refractivity contribution in [1.82, 2.24) is 9.97 Å². The van der Waals surface area contributed by atoms with Crippen molar-refractivity contribution in [2.75, 3.05) is 5.32 Å². The fourth-order valence-corrected chi connectivity index (χ4v) is 3.70. The largest absolute Gasteiger partial charge is 0.478 e. The Balaban J connectivity index is 1.50. The Morgan fingerprint density at radius 2 is 1.96 bits per heavy atom. The van der Waals surface area contributed by atoms with Gasteiger partial charge in [-0.1, -0.05) is 0 Å². The summed E-state index contributed by atoms with van der Waals surface area (Å²) < 4.78 is 0. The highest BCUT2D eigenvalue weighted by Gasteiger charge is 2.08. The van der Waals surface area contributed by atoms with Gasteiger partial charge in [0.05, 0.1) is 5.56 Å². The molecule has 0 radical (unpaired) electrons. The van der Waals surface area contributed by atoms with Gasteiger partial charge in [0.2, 0.25) is 0 Å². The van der Waals surface area contributed by atoms with Crippen LogP contribution in [-0.4, -0.2) is 21.0 Å². The van der Waals surface area contributed by atoms with Crippen LogP contribution in [-0.2, 0) is 6.54 Å². The molecule has 0 aliphatic carbocycles. The van der Waals surface area contributed by atoms with E-state index in [1.807, 2.05) is 24.5 Å². The summed E-state index contributed by atoms with van der Waals surface area (Å²) in [6.45, 7) is 0.693. The van der Waals surface area contributed by atoms with E-state index in [0.717, 1.165) is 16.7 Å². The van der Waals surface area contributed by atoms with Crippen molar-refractivity contribution in [3.63, 3.8) is 0 Å². The van der Waals surface area contributed by atoms with Crippen molar-refractivity contribution in [1.29, 1.82) is 0 Å².